The van der Waals surface area contributed by atoms with Crippen molar-refractivity contribution >= 4 is 17.1 Å². The van der Waals surface area contributed by atoms with Crippen LogP contribution >= 0.6 is 0 Å². The van der Waals surface area contributed by atoms with Gasteiger partial charge in [0.2, 0.25) is 0 Å². The molecule has 19 heavy (non-hydrogen) atoms. The van der Waals surface area contributed by atoms with Gasteiger partial charge < -0.3 is 15.5 Å². The molecule has 0 saturated carbocycles. The molecule has 1 aliphatic heterocycles. The minimum Gasteiger partial charge on any atom is -0.399 e. The van der Waals surface area contributed by atoms with Gasteiger partial charge in [0.15, 0.2) is 0 Å². The van der Waals surface area contributed by atoms with Crippen molar-refractivity contribution < 1.29 is 0 Å². The van der Waals surface area contributed by atoms with Crippen LogP contribution in [0.3, 0.4) is 0 Å². The van der Waals surface area contributed by atoms with Gasteiger partial charge in [-0.2, -0.15) is 0 Å². The van der Waals surface area contributed by atoms with Crippen LogP contribution in [-0.2, 0) is 6.54 Å². The molecule has 3 nitrogen and oxygen atoms in total. The van der Waals surface area contributed by atoms with Crippen LogP contribution in [0, 0.1) is 0 Å². The van der Waals surface area contributed by atoms with Gasteiger partial charge in [-0.25, -0.2) is 0 Å². The molecule has 3 heteroatoms. The lowest BCUT2D eigenvalue weighted by Gasteiger charge is -2.37. The molecule has 98 valence electrons. The summed E-state index contributed by atoms with van der Waals surface area (Å²) in [4.78, 5) is 4.69. The zero-order chi connectivity index (χ0) is 13.2. The molecular formula is C16H19N3. The van der Waals surface area contributed by atoms with E-state index in [2.05, 4.69) is 59.3 Å². The fraction of sp³-hybridized carbons (Fsp3) is 0.250. The molecule has 3 rings (SSSR count). The first-order valence-corrected chi connectivity index (χ1v) is 6.63. The summed E-state index contributed by atoms with van der Waals surface area (Å²) in [5.41, 5.74) is 10.6. The van der Waals surface area contributed by atoms with Gasteiger partial charge in [0.1, 0.15) is 0 Å². The molecule has 0 aromatic heterocycles. The highest BCUT2D eigenvalue weighted by molar-refractivity contribution is 5.76. The van der Waals surface area contributed by atoms with E-state index < -0.39 is 0 Å². The van der Waals surface area contributed by atoms with E-state index in [1.54, 1.807) is 0 Å². The van der Waals surface area contributed by atoms with Crippen molar-refractivity contribution in [2.24, 2.45) is 0 Å². The van der Waals surface area contributed by atoms with E-state index in [4.69, 9.17) is 5.73 Å². The van der Waals surface area contributed by atoms with Crippen LogP contribution < -0.4 is 15.5 Å². The van der Waals surface area contributed by atoms with Crippen LogP contribution in [-0.4, -0.2) is 20.1 Å². The second-order valence-corrected chi connectivity index (χ2v) is 5.08. The summed E-state index contributed by atoms with van der Waals surface area (Å²) in [6, 6.07) is 16.7. The molecule has 0 radical (unpaired) electrons. The Morgan fingerprint density at radius 1 is 1.00 bits per heavy atom. The van der Waals surface area contributed by atoms with Crippen molar-refractivity contribution in [3.05, 3.63) is 54.1 Å². The molecule has 1 heterocycles. The summed E-state index contributed by atoms with van der Waals surface area (Å²) < 4.78 is 0. The summed E-state index contributed by atoms with van der Waals surface area (Å²) in [6.07, 6.45) is 0. The van der Waals surface area contributed by atoms with E-state index in [-0.39, 0.29) is 0 Å². The summed E-state index contributed by atoms with van der Waals surface area (Å²) in [5.74, 6) is 0. The van der Waals surface area contributed by atoms with Gasteiger partial charge in [0.05, 0.1) is 11.4 Å². The third-order valence-electron chi connectivity index (χ3n) is 3.67. The van der Waals surface area contributed by atoms with E-state index in [0.29, 0.717) is 0 Å². The Kier molecular flexibility index (Phi) is 3.03. The lowest BCUT2D eigenvalue weighted by atomic mass is 10.1. The van der Waals surface area contributed by atoms with E-state index in [9.17, 15) is 0 Å². The highest BCUT2D eigenvalue weighted by Gasteiger charge is 2.20. The van der Waals surface area contributed by atoms with Gasteiger partial charge in [-0.05, 0) is 23.8 Å². The third kappa shape index (κ3) is 2.36. The van der Waals surface area contributed by atoms with Gasteiger partial charge in [-0.1, -0.05) is 30.3 Å². The number of likely N-dealkylation sites (N-methyl/N-ethyl adjacent to an activating group) is 1. The number of nitrogens with two attached hydrogens (primary N) is 1. The Balaban J connectivity index is 1.92. The fourth-order valence-corrected chi connectivity index (χ4v) is 2.60. The average Bonchev–Trinajstić information content (AvgIpc) is 2.43. The number of fused-ring (bicyclic) bond motifs is 1. The minimum absolute atomic E-state index is 0.826. The smallest absolute Gasteiger partial charge is 0.0628 e. The quantitative estimate of drug-likeness (QED) is 0.835. The number of nitrogen functional groups attached to an aromatic ring is 1. The molecular weight excluding hydrogens is 234 g/mol. The molecule has 0 bridgehead atoms. The Labute approximate surface area is 114 Å². The van der Waals surface area contributed by atoms with Crippen molar-refractivity contribution in [3.8, 4) is 0 Å². The maximum atomic E-state index is 5.94. The van der Waals surface area contributed by atoms with Crippen LogP contribution in [0.5, 0.6) is 0 Å². The highest BCUT2D eigenvalue weighted by atomic mass is 15.2. The SMILES string of the molecule is CN1CCN(Cc2ccccc2)c2cc(N)ccc21. The highest BCUT2D eigenvalue weighted by Crippen LogP contribution is 2.34. The molecule has 0 unspecified atom stereocenters. The lowest BCUT2D eigenvalue weighted by molar-refractivity contribution is 0.735. The van der Waals surface area contributed by atoms with Crippen LogP contribution in [0.4, 0.5) is 17.1 Å². The maximum absolute atomic E-state index is 5.94. The predicted octanol–water partition coefficient (Wildman–Crippen LogP) is 2.73. The van der Waals surface area contributed by atoms with Crippen molar-refractivity contribution in [1.82, 2.24) is 0 Å². The molecule has 2 N–H and O–H groups in total. The first kappa shape index (κ1) is 11.9. The Morgan fingerprint density at radius 2 is 1.79 bits per heavy atom. The van der Waals surface area contributed by atoms with Crippen molar-refractivity contribution in [2.45, 2.75) is 6.54 Å². The topological polar surface area (TPSA) is 32.5 Å². The summed E-state index contributed by atoms with van der Waals surface area (Å²) >= 11 is 0. The van der Waals surface area contributed by atoms with Crippen molar-refractivity contribution in [1.29, 1.82) is 0 Å². The Bertz CT molecular complexity index is 565. The van der Waals surface area contributed by atoms with Crippen LogP contribution in [0.25, 0.3) is 0 Å². The van der Waals surface area contributed by atoms with Crippen molar-refractivity contribution in [2.75, 3.05) is 35.7 Å². The molecule has 0 aliphatic carbocycles. The zero-order valence-corrected chi connectivity index (χ0v) is 11.2. The summed E-state index contributed by atoms with van der Waals surface area (Å²) in [7, 11) is 2.13. The van der Waals surface area contributed by atoms with Crippen molar-refractivity contribution in [3.63, 3.8) is 0 Å². The summed E-state index contributed by atoms with van der Waals surface area (Å²) in [5, 5.41) is 0. The predicted molar refractivity (Wildman–Crippen MR) is 81.6 cm³/mol. The second-order valence-electron chi connectivity index (χ2n) is 5.08. The van der Waals surface area contributed by atoms with E-state index in [1.807, 2.05) is 6.07 Å². The van der Waals surface area contributed by atoms with Crippen LogP contribution in [0.2, 0.25) is 0 Å². The number of benzene rings is 2. The van der Waals surface area contributed by atoms with E-state index in [0.717, 1.165) is 25.3 Å². The maximum Gasteiger partial charge on any atom is 0.0628 e. The zero-order valence-electron chi connectivity index (χ0n) is 11.2. The molecule has 2 aromatic carbocycles. The normalized spacial score (nSPS) is 14.4. The first-order chi connectivity index (χ1) is 9.24. The second kappa shape index (κ2) is 4.84. The van der Waals surface area contributed by atoms with Gasteiger partial charge in [0.25, 0.3) is 0 Å². The number of nitrogens with zero attached hydrogens (tertiary/aromatic N) is 2. The molecule has 0 saturated heterocycles. The van der Waals surface area contributed by atoms with Crippen LogP contribution in [0.1, 0.15) is 5.56 Å². The average molecular weight is 253 g/mol. The van der Waals surface area contributed by atoms with E-state index >= 15 is 0 Å². The number of rotatable bonds is 2. The molecule has 0 fully saturated rings. The van der Waals surface area contributed by atoms with Gasteiger partial charge in [-0.15, -0.1) is 0 Å². The van der Waals surface area contributed by atoms with Gasteiger partial charge in [-0.3, -0.25) is 0 Å². The minimum atomic E-state index is 0.826. The summed E-state index contributed by atoms with van der Waals surface area (Å²) in [6.45, 7) is 3.01. The molecule has 0 amide bonds. The van der Waals surface area contributed by atoms with Crippen LogP contribution in [0.15, 0.2) is 48.5 Å². The fourth-order valence-electron chi connectivity index (χ4n) is 2.60. The lowest BCUT2D eigenvalue weighted by Crippen LogP contribution is -2.38. The Morgan fingerprint density at radius 3 is 2.58 bits per heavy atom. The number of hydrogen-bond donors (Lipinski definition) is 1. The standard InChI is InChI=1S/C16H19N3/c1-18-9-10-19(12-13-5-3-2-4-6-13)16-11-14(17)7-8-15(16)18/h2-8,11H,9-10,12,17H2,1H3. The largest absolute Gasteiger partial charge is 0.399 e. The molecule has 2 aromatic rings. The van der Waals surface area contributed by atoms with Gasteiger partial charge >= 0.3 is 0 Å². The molecule has 0 spiro atoms. The monoisotopic (exact) mass is 253 g/mol. The van der Waals surface area contributed by atoms with E-state index in [1.165, 1.54) is 16.9 Å². The molecule has 0 atom stereocenters. The number of anilines is 3. The first-order valence-electron chi connectivity index (χ1n) is 6.63. The van der Waals surface area contributed by atoms with Gasteiger partial charge in [0, 0.05) is 32.4 Å². The number of hydrogen-bond acceptors (Lipinski definition) is 3. The Hall–Kier alpha value is -2.16. The molecule has 1 aliphatic rings. The third-order valence-corrected chi connectivity index (χ3v) is 3.67.